The first-order valence-electron chi connectivity index (χ1n) is 6.32. The summed E-state index contributed by atoms with van der Waals surface area (Å²) in [6.07, 6.45) is 2.46. The lowest BCUT2D eigenvalue weighted by atomic mass is 10.1. The van der Waals surface area contributed by atoms with Gasteiger partial charge in [-0.05, 0) is 29.8 Å². The summed E-state index contributed by atoms with van der Waals surface area (Å²) in [5.41, 5.74) is 3.31. The van der Waals surface area contributed by atoms with E-state index in [-0.39, 0.29) is 5.91 Å². The van der Waals surface area contributed by atoms with E-state index in [4.69, 9.17) is 0 Å². The van der Waals surface area contributed by atoms with E-state index in [1.165, 1.54) is 5.69 Å². The Balaban J connectivity index is 1.92. The summed E-state index contributed by atoms with van der Waals surface area (Å²) >= 11 is 0. The fourth-order valence-electron chi connectivity index (χ4n) is 1.89. The minimum atomic E-state index is 0.0320. The molecule has 2 rings (SSSR count). The molecule has 0 aliphatic rings. The highest BCUT2D eigenvalue weighted by molar-refractivity contribution is 5.78. The molecule has 2 aromatic rings. The smallest absolute Gasteiger partial charge is 0.224 e. The number of nitrogens with one attached hydrogen (secondary N) is 2. The molecular formula is C15H19N3O. The maximum atomic E-state index is 11.3. The second kappa shape index (κ2) is 6.09. The van der Waals surface area contributed by atoms with Crippen LogP contribution in [0, 0.1) is 0 Å². The van der Waals surface area contributed by atoms with Gasteiger partial charge in [-0.15, -0.1) is 0 Å². The van der Waals surface area contributed by atoms with Crippen LogP contribution in [0.3, 0.4) is 0 Å². The molecular weight excluding hydrogens is 238 g/mol. The Bertz CT molecular complexity index is 543. The van der Waals surface area contributed by atoms with Crippen molar-refractivity contribution in [2.45, 2.75) is 13.0 Å². The zero-order valence-corrected chi connectivity index (χ0v) is 11.3. The van der Waals surface area contributed by atoms with Gasteiger partial charge in [0.1, 0.15) is 0 Å². The molecule has 100 valence electrons. The molecule has 4 nitrogen and oxygen atoms in total. The number of rotatable bonds is 5. The van der Waals surface area contributed by atoms with E-state index in [1.807, 2.05) is 43.6 Å². The van der Waals surface area contributed by atoms with Gasteiger partial charge in [-0.25, -0.2) is 0 Å². The van der Waals surface area contributed by atoms with Crippen LogP contribution in [0.2, 0.25) is 0 Å². The molecule has 1 amide bonds. The van der Waals surface area contributed by atoms with Crippen LogP contribution < -0.4 is 10.6 Å². The third kappa shape index (κ3) is 3.61. The highest BCUT2D eigenvalue weighted by atomic mass is 16.1. The van der Waals surface area contributed by atoms with Crippen molar-refractivity contribution < 1.29 is 4.79 Å². The summed E-state index contributed by atoms with van der Waals surface area (Å²) in [5, 5.41) is 5.98. The second-order valence-corrected chi connectivity index (χ2v) is 4.51. The minimum absolute atomic E-state index is 0.0320. The topological polar surface area (TPSA) is 46.1 Å². The average molecular weight is 257 g/mol. The molecule has 0 radical (unpaired) electrons. The number of carbonyl (C=O) groups is 1. The van der Waals surface area contributed by atoms with Gasteiger partial charge >= 0.3 is 0 Å². The zero-order valence-electron chi connectivity index (χ0n) is 11.3. The first-order chi connectivity index (χ1) is 9.19. The summed E-state index contributed by atoms with van der Waals surface area (Å²) in [5.74, 6) is 0.0320. The number of anilines is 1. The molecule has 0 spiro atoms. The third-order valence-electron chi connectivity index (χ3n) is 3.12. The number of likely N-dealkylation sites (N-methyl/N-ethyl adjacent to an activating group) is 1. The molecule has 1 aromatic carbocycles. The summed E-state index contributed by atoms with van der Waals surface area (Å²) in [4.78, 5) is 11.3. The Hall–Kier alpha value is -2.23. The summed E-state index contributed by atoms with van der Waals surface area (Å²) in [6.45, 7) is 0.790. The van der Waals surface area contributed by atoms with Crippen molar-refractivity contribution >= 4 is 11.6 Å². The van der Waals surface area contributed by atoms with Gasteiger partial charge in [-0.1, -0.05) is 12.1 Å². The van der Waals surface area contributed by atoms with Crippen LogP contribution in [0.5, 0.6) is 0 Å². The monoisotopic (exact) mass is 257 g/mol. The summed E-state index contributed by atoms with van der Waals surface area (Å²) in [7, 11) is 3.68. The Kier molecular flexibility index (Phi) is 4.23. The summed E-state index contributed by atoms with van der Waals surface area (Å²) < 4.78 is 2.09. The maximum Gasteiger partial charge on any atom is 0.224 e. The van der Waals surface area contributed by atoms with Gasteiger partial charge in [0, 0.05) is 31.7 Å². The number of aryl methyl sites for hydroxylation is 1. The van der Waals surface area contributed by atoms with Gasteiger partial charge in [-0.3, -0.25) is 4.79 Å². The molecule has 0 saturated carbocycles. The highest BCUT2D eigenvalue weighted by Crippen LogP contribution is 2.11. The first-order valence-corrected chi connectivity index (χ1v) is 6.32. The molecule has 0 bridgehead atoms. The fraction of sp³-hybridized carbons (Fsp3) is 0.267. The van der Waals surface area contributed by atoms with Gasteiger partial charge in [0.25, 0.3) is 0 Å². The standard InChI is InChI=1S/C15H19N3O/c1-16-15(19)10-12-5-7-13(8-6-12)17-11-14-4-3-9-18(14)2/h3-9,17H,10-11H2,1-2H3,(H,16,19). The number of aromatic nitrogens is 1. The molecule has 0 aliphatic heterocycles. The number of amides is 1. The van der Waals surface area contributed by atoms with E-state index < -0.39 is 0 Å². The van der Waals surface area contributed by atoms with Gasteiger partial charge in [0.15, 0.2) is 0 Å². The van der Waals surface area contributed by atoms with Crippen LogP contribution in [0.15, 0.2) is 42.6 Å². The first kappa shape index (κ1) is 13.2. The lowest BCUT2D eigenvalue weighted by molar-refractivity contribution is -0.119. The lowest BCUT2D eigenvalue weighted by Crippen LogP contribution is -2.19. The van der Waals surface area contributed by atoms with Crippen LogP contribution in [0.1, 0.15) is 11.3 Å². The Labute approximate surface area is 113 Å². The van der Waals surface area contributed by atoms with Gasteiger partial charge in [0.2, 0.25) is 5.91 Å². The zero-order chi connectivity index (χ0) is 13.7. The normalized spacial score (nSPS) is 10.2. The number of hydrogen-bond donors (Lipinski definition) is 2. The largest absolute Gasteiger partial charge is 0.379 e. The minimum Gasteiger partial charge on any atom is -0.379 e. The molecule has 0 atom stereocenters. The number of nitrogens with zero attached hydrogens (tertiary/aromatic N) is 1. The third-order valence-corrected chi connectivity index (χ3v) is 3.12. The van der Waals surface area contributed by atoms with Crippen molar-refractivity contribution in [3.05, 3.63) is 53.9 Å². The second-order valence-electron chi connectivity index (χ2n) is 4.51. The van der Waals surface area contributed by atoms with Crippen LogP contribution in [-0.2, 0) is 24.8 Å². The quantitative estimate of drug-likeness (QED) is 0.859. The molecule has 2 N–H and O–H groups in total. The molecule has 1 aromatic heterocycles. The molecule has 0 unspecified atom stereocenters. The van der Waals surface area contributed by atoms with E-state index in [1.54, 1.807) is 7.05 Å². The number of carbonyl (C=O) groups excluding carboxylic acids is 1. The van der Waals surface area contributed by atoms with Crippen LogP contribution >= 0.6 is 0 Å². The maximum absolute atomic E-state index is 11.3. The van der Waals surface area contributed by atoms with E-state index in [9.17, 15) is 4.79 Å². The molecule has 0 saturated heterocycles. The van der Waals surface area contributed by atoms with Crippen LogP contribution in [0.4, 0.5) is 5.69 Å². The van der Waals surface area contributed by atoms with Crippen LogP contribution in [-0.4, -0.2) is 17.5 Å². The van der Waals surface area contributed by atoms with E-state index in [2.05, 4.69) is 21.3 Å². The number of hydrogen-bond acceptors (Lipinski definition) is 2. The van der Waals surface area contributed by atoms with Gasteiger partial charge in [-0.2, -0.15) is 0 Å². The molecule has 19 heavy (non-hydrogen) atoms. The Morgan fingerprint density at radius 3 is 2.53 bits per heavy atom. The predicted octanol–water partition coefficient (Wildman–Crippen LogP) is 1.93. The SMILES string of the molecule is CNC(=O)Cc1ccc(NCc2cccn2C)cc1. The molecule has 0 fully saturated rings. The van der Waals surface area contributed by atoms with E-state index in [0.717, 1.165) is 17.8 Å². The number of benzene rings is 1. The van der Waals surface area contributed by atoms with E-state index in [0.29, 0.717) is 6.42 Å². The van der Waals surface area contributed by atoms with Crippen LogP contribution in [0.25, 0.3) is 0 Å². The van der Waals surface area contributed by atoms with Crippen molar-refractivity contribution in [2.75, 3.05) is 12.4 Å². The van der Waals surface area contributed by atoms with Crippen molar-refractivity contribution in [1.82, 2.24) is 9.88 Å². The summed E-state index contributed by atoms with van der Waals surface area (Å²) in [6, 6.07) is 12.1. The molecule has 0 aliphatic carbocycles. The van der Waals surface area contributed by atoms with Crippen molar-refractivity contribution in [2.24, 2.45) is 7.05 Å². The van der Waals surface area contributed by atoms with Gasteiger partial charge in [0.05, 0.1) is 13.0 Å². The van der Waals surface area contributed by atoms with Gasteiger partial charge < -0.3 is 15.2 Å². The molecule has 4 heteroatoms. The fourth-order valence-corrected chi connectivity index (χ4v) is 1.89. The van der Waals surface area contributed by atoms with E-state index >= 15 is 0 Å². The Morgan fingerprint density at radius 1 is 1.21 bits per heavy atom. The van der Waals surface area contributed by atoms with Crippen molar-refractivity contribution in [3.8, 4) is 0 Å². The highest BCUT2D eigenvalue weighted by Gasteiger charge is 2.01. The lowest BCUT2D eigenvalue weighted by Gasteiger charge is -2.08. The van der Waals surface area contributed by atoms with Crippen molar-refractivity contribution in [3.63, 3.8) is 0 Å². The molecule has 1 heterocycles. The average Bonchev–Trinajstić information content (AvgIpc) is 2.83. The Morgan fingerprint density at radius 2 is 1.95 bits per heavy atom. The predicted molar refractivity (Wildman–Crippen MR) is 77.0 cm³/mol. The van der Waals surface area contributed by atoms with Crippen molar-refractivity contribution in [1.29, 1.82) is 0 Å².